The van der Waals surface area contributed by atoms with Crippen molar-refractivity contribution in [2.45, 2.75) is 19.7 Å². The largest absolute Gasteiger partial charge is 0.439 e. The summed E-state index contributed by atoms with van der Waals surface area (Å²) in [7, 11) is 0. The maximum absolute atomic E-state index is 13.4. The van der Waals surface area contributed by atoms with Gasteiger partial charge in [0.15, 0.2) is 0 Å². The molecule has 2 aromatic rings. The van der Waals surface area contributed by atoms with Gasteiger partial charge in [0.1, 0.15) is 11.6 Å². The fraction of sp³-hybridized carbons (Fsp3) is 0.214. The SMILES string of the molecule is Cc1cc(C)c(CCl)c(Oc2ccc(Cl)c(F)c2)n1. The Morgan fingerprint density at radius 3 is 2.63 bits per heavy atom. The molecule has 2 rings (SSSR count). The van der Waals surface area contributed by atoms with E-state index in [2.05, 4.69) is 4.98 Å². The normalized spacial score (nSPS) is 10.6. The molecule has 0 radical (unpaired) electrons. The van der Waals surface area contributed by atoms with Crippen molar-refractivity contribution in [3.63, 3.8) is 0 Å². The van der Waals surface area contributed by atoms with Crippen LogP contribution in [0.3, 0.4) is 0 Å². The van der Waals surface area contributed by atoms with E-state index in [-0.39, 0.29) is 10.9 Å². The summed E-state index contributed by atoms with van der Waals surface area (Å²) in [6.07, 6.45) is 0. The fourth-order valence-electron chi connectivity index (χ4n) is 1.73. The number of alkyl halides is 1. The van der Waals surface area contributed by atoms with Gasteiger partial charge >= 0.3 is 0 Å². The van der Waals surface area contributed by atoms with Crippen LogP contribution in [-0.2, 0) is 5.88 Å². The van der Waals surface area contributed by atoms with Crippen molar-refractivity contribution in [2.24, 2.45) is 0 Å². The zero-order valence-electron chi connectivity index (χ0n) is 10.5. The predicted octanol–water partition coefficient (Wildman–Crippen LogP) is 5.02. The van der Waals surface area contributed by atoms with Gasteiger partial charge in [0.2, 0.25) is 5.88 Å². The molecule has 1 heterocycles. The molecule has 0 spiro atoms. The van der Waals surface area contributed by atoms with E-state index >= 15 is 0 Å². The summed E-state index contributed by atoms with van der Waals surface area (Å²) in [5.74, 6) is 0.487. The van der Waals surface area contributed by atoms with Gasteiger partial charge in [-0.1, -0.05) is 11.6 Å². The van der Waals surface area contributed by atoms with Gasteiger partial charge in [0.05, 0.1) is 10.9 Å². The minimum Gasteiger partial charge on any atom is -0.439 e. The predicted molar refractivity (Wildman–Crippen MR) is 74.8 cm³/mol. The Kier molecular flexibility index (Phi) is 4.27. The second-order valence-electron chi connectivity index (χ2n) is 4.18. The van der Waals surface area contributed by atoms with Crippen molar-refractivity contribution in [3.8, 4) is 11.6 Å². The zero-order chi connectivity index (χ0) is 14.0. The number of benzene rings is 1. The van der Waals surface area contributed by atoms with Crippen LogP contribution in [-0.4, -0.2) is 4.98 Å². The van der Waals surface area contributed by atoms with Crippen LogP contribution in [0.15, 0.2) is 24.3 Å². The highest BCUT2D eigenvalue weighted by atomic mass is 35.5. The Morgan fingerprint density at radius 2 is 2.00 bits per heavy atom. The zero-order valence-corrected chi connectivity index (χ0v) is 12.0. The van der Waals surface area contributed by atoms with Gasteiger partial charge in [0.25, 0.3) is 0 Å². The lowest BCUT2D eigenvalue weighted by Crippen LogP contribution is -1.98. The van der Waals surface area contributed by atoms with Crippen molar-refractivity contribution in [2.75, 3.05) is 0 Å². The van der Waals surface area contributed by atoms with Crippen LogP contribution in [0, 0.1) is 19.7 Å². The average molecular weight is 300 g/mol. The summed E-state index contributed by atoms with van der Waals surface area (Å²) < 4.78 is 19.0. The highest BCUT2D eigenvalue weighted by molar-refractivity contribution is 6.30. The summed E-state index contributed by atoms with van der Waals surface area (Å²) in [5.41, 5.74) is 2.60. The number of aryl methyl sites for hydroxylation is 2. The first-order valence-corrected chi connectivity index (χ1v) is 6.58. The smallest absolute Gasteiger partial charge is 0.224 e. The Balaban J connectivity index is 2.39. The molecule has 0 saturated heterocycles. The van der Waals surface area contributed by atoms with Crippen LogP contribution in [0.1, 0.15) is 16.8 Å². The molecule has 1 aromatic heterocycles. The average Bonchev–Trinajstić information content (AvgIpc) is 2.33. The summed E-state index contributed by atoms with van der Waals surface area (Å²) in [4.78, 5) is 4.29. The van der Waals surface area contributed by atoms with Crippen molar-refractivity contribution in [3.05, 3.63) is 51.9 Å². The number of pyridine rings is 1. The number of rotatable bonds is 3. The lowest BCUT2D eigenvalue weighted by atomic mass is 10.1. The number of halogens is 3. The molecular weight excluding hydrogens is 288 g/mol. The van der Waals surface area contributed by atoms with Gasteiger partial charge in [-0.05, 0) is 37.6 Å². The van der Waals surface area contributed by atoms with Gasteiger partial charge in [-0.25, -0.2) is 9.37 Å². The van der Waals surface area contributed by atoms with E-state index in [1.807, 2.05) is 19.9 Å². The van der Waals surface area contributed by atoms with E-state index < -0.39 is 5.82 Å². The highest BCUT2D eigenvalue weighted by Crippen LogP contribution is 2.29. The monoisotopic (exact) mass is 299 g/mol. The molecule has 0 bridgehead atoms. The molecule has 0 fully saturated rings. The molecule has 2 nitrogen and oxygen atoms in total. The molecule has 0 aliphatic carbocycles. The number of aromatic nitrogens is 1. The molecule has 1 aromatic carbocycles. The third-order valence-electron chi connectivity index (χ3n) is 2.68. The molecule has 19 heavy (non-hydrogen) atoms. The number of nitrogens with zero attached hydrogens (tertiary/aromatic N) is 1. The van der Waals surface area contributed by atoms with Crippen LogP contribution in [0.4, 0.5) is 4.39 Å². The molecular formula is C14H12Cl2FNO. The standard InChI is InChI=1S/C14H12Cl2FNO/c1-8-5-9(2)18-14(11(8)7-15)19-10-3-4-12(16)13(17)6-10/h3-6H,7H2,1-2H3. The molecule has 0 unspecified atom stereocenters. The van der Waals surface area contributed by atoms with Crippen molar-refractivity contribution in [1.82, 2.24) is 4.98 Å². The molecule has 0 saturated carbocycles. The number of hydrogen-bond donors (Lipinski definition) is 0. The van der Waals surface area contributed by atoms with Gasteiger partial charge in [0, 0.05) is 17.3 Å². The molecule has 0 amide bonds. The van der Waals surface area contributed by atoms with Gasteiger partial charge < -0.3 is 4.74 Å². The van der Waals surface area contributed by atoms with E-state index in [4.69, 9.17) is 27.9 Å². The third-order valence-corrected chi connectivity index (χ3v) is 3.25. The van der Waals surface area contributed by atoms with Gasteiger partial charge in [-0.3, -0.25) is 0 Å². The van der Waals surface area contributed by atoms with E-state index in [0.29, 0.717) is 11.6 Å². The molecule has 0 N–H and O–H groups in total. The van der Waals surface area contributed by atoms with Crippen LogP contribution < -0.4 is 4.74 Å². The van der Waals surface area contributed by atoms with Crippen LogP contribution in [0.25, 0.3) is 0 Å². The minimum atomic E-state index is -0.532. The Labute approximate surface area is 121 Å². The quantitative estimate of drug-likeness (QED) is 0.742. The first kappa shape index (κ1) is 14.1. The van der Waals surface area contributed by atoms with Crippen molar-refractivity contribution < 1.29 is 9.13 Å². The Morgan fingerprint density at radius 1 is 1.26 bits per heavy atom. The molecule has 100 valence electrons. The van der Waals surface area contributed by atoms with E-state index in [1.165, 1.54) is 12.1 Å². The lowest BCUT2D eigenvalue weighted by Gasteiger charge is -2.12. The maximum atomic E-state index is 13.4. The second-order valence-corrected chi connectivity index (χ2v) is 4.85. The third kappa shape index (κ3) is 3.17. The second kappa shape index (κ2) is 5.76. The van der Waals surface area contributed by atoms with E-state index in [0.717, 1.165) is 16.8 Å². The fourth-order valence-corrected chi connectivity index (χ4v) is 2.17. The summed E-state index contributed by atoms with van der Waals surface area (Å²) in [6.45, 7) is 3.79. The molecule has 0 aliphatic heterocycles. The number of ether oxygens (including phenoxy) is 1. The first-order valence-electron chi connectivity index (χ1n) is 5.67. The molecule has 0 atom stereocenters. The maximum Gasteiger partial charge on any atom is 0.224 e. The van der Waals surface area contributed by atoms with Gasteiger partial charge in [-0.15, -0.1) is 11.6 Å². The summed E-state index contributed by atoms with van der Waals surface area (Å²) in [5, 5.41) is 0.0540. The molecule has 0 aliphatic rings. The van der Waals surface area contributed by atoms with E-state index in [1.54, 1.807) is 6.07 Å². The Hall–Kier alpha value is -1.32. The Bertz CT molecular complexity index is 617. The minimum absolute atomic E-state index is 0.0540. The number of hydrogen-bond acceptors (Lipinski definition) is 2. The summed E-state index contributed by atoms with van der Waals surface area (Å²) in [6, 6.07) is 6.17. The van der Waals surface area contributed by atoms with E-state index in [9.17, 15) is 4.39 Å². The van der Waals surface area contributed by atoms with Gasteiger partial charge in [-0.2, -0.15) is 0 Å². The topological polar surface area (TPSA) is 22.1 Å². The molecule has 5 heteroatoms. The summed E-state index contributed by atoms with van der Waals surface area (Å²) >= 11 is 11.5. The van der Waals surface area contributed by atoms with Crippen LogP contribution >= 0.6 is 23.2 Å². The highest BCUT2D eigenvalue weighted by Gasteiger charge is 2.11. The first-order chi connectivity index (χ1) is 9.01. The van der Waals surface area contributed by atoms with Crippen LogP contribution in [0.2, 0.25) is 5.02 Å². The van der Waals surface area contributed by atoms with Crippen LogP contribution in [0.5, 0.6) is 11.6 Å². The van der Waals surface area contributed by atoms with Crippen molar-refractivity contribution in [1.29, 1.82) is 0 Å². The lowest BCUT2D eigenvalue weighted by molar-refractivity contribution is 0.452. The van der Waals surface area contributed by atoms with Crippen molar-refractivity contribution >= 4 is 23.2 Å².